The van der Waals surface area contributed by atoms with Crippen molar-refractivity contribution in [2.75, 3.05) is 33.3 Å². The van der Waals surface area contributed by atoms with E-state index >= 15 is 0 Å². The fourth-order valence-electron chi connectivity index (χ4n) is 3.20. The van der Waals surface area contributed by atoms with Crippen LogP contribution in [0.1, 0.15) is 50.4 Å². The second-order valence-electron chi connectivity index (χ2n) is 8.45. The summed E-state index contributed by atoms with van der Waals surface area (Å²) in [6.45, 7) is 7.52. The van der Waals surface area contributed by atoms with E-state index in [0.29, 0.717) is 31.1 Å². The first kappa shape index (κ1) is 23.5. The molecule has 3 amide bonds. The summed E-state index contributed by atoms with van der Waals surface area (Å²) in [4.78, 5) is 38.0. The molecule has 0 radical (unpaired) electrons. The number of hydrogen-bond acceptors (Lipinski definition) is 5. The van der Waals surface area contributed by atoms with Crippen LogP contribution in [0.3, 0.4) is 0 Å². The van der Waals surface area contributed by atoms with Crippen LogP contribution in [0.4, 0.5) is 4.79 Å². The minimum atomic E-state index is -0.560. The Labute approximate surface area is 178 Å². The van der Waals surface area contributed by atoms with Gasteiger partial charge in [-0.25, -0.2) is 4.79 Å². The molecule has 0 unspecified atom stereocenters. The lowest BCUT2D eigenvalue weighted by Gasteiger charge is -2.32. The van der Waals surface area contributed by atoms with E-state index in [1.54, 1.807) is 52.1 Å². The highest BCUT2D eigenvalue weighted by molar-refractivity contribution is 5.94. The van der Waals surface area contributed by atoms with Gasteiger partial charge in [-0.1, -0.05) is 0 Å². The van der Waals surface area contributed by atoms with Gasteiger partial charge in [0.1, 0.15) is 11.4 Å². The number of carbonyl (C=O) groups is 3. The van der Waals surface area contributed by atoms with E-state index in [1.807, 2.05) is 4.90 Å². The third kappa shape index (κ3) is 7.93. The van der Waals surface area contributed by atoms with Gasteiger partial charge in [0, 0.05) is 38.2 Å². The maximum absolute atomic E-state index is 12.6. The van der Waals surface area contributed by atoms with Crippen LogP contribution in [-0.4, -0.2) is 61.7 Å². The summed E-state index contributed by atoms with van der Waals surface area (Å²) < 4.78 is 10.3. The molecule has 1 saturated heterocycles. The Balaban J connectivity index is 1.64. The minimum absolute atomic E-state index is 0.0216. The van der Waals surface area contributed by atoms with Crippen molar-refractivity contribution in [2.24, 2.45) is 5.92 Å². The Morgan fingerprint density at radius 1 is 1.07 bits per heavy atom. The summed E-state index contributed by atoms with van der Waals surface area (Å²) in [7, 11) is 1.60. The summed E-state index contributed by atoms with van der Waals surface area (Å²) in [5.74, 6) is 0.978. The van der Waals surface area contributed by atoms with Crippen LogP contribution in [0.2, 0.25) is 0 Å². The van der Waals surface area contributed by atoms with Crippen LogP contribution in [0.5, 0.6) is 5.75 Å². The smallest absolute Gasteiger partial charge is 0.407 e. The predicted octanol–water partition coefficient (Wildman–Crippen LogP) is 2.58. The molecule has 8 heteroatoms. The molecular weight excluding hydrogens is 386 g/mol. The Kier molecular flexibility index (Phi) is 8.50. The number of amides is 3. The van der Waals surface area contributed by atoms with Crippen LogP contribution < -0.4 is 15.4 Å². The number of carbonyl (C=O) groups excluding carboxylic acids is 3. The molecule has 0 bridgehead atoms. The number of likely N-dealkylation sites (tertiary alicyclic amines) is 1. The van der Waals surface area contributed by atoms with Gasteiger partial charge in [0.05, 0.1) is 7.11 Å². The van der Waals surface area contributed by atoms with E-state index in [0.717, 1.165) is 18.6 Å². The van der Waals surface area contributed by atoms with E-state index in [1.165, 1.54) is 0 Å². The highest BCUT2D eigenvalue weighted by Gasteiger charge is 2.24. The average molecular weight is 420 g/mol. The number of piperidine rings is 1. The molecule has 0 spiro atoms. The Hall–Kier alpha value is -2.77. The van der Waals surface area contributed by atoms with Gasteiger partial charge < -0.3 is 25.0 Å². The molecule has 0 aliphatic carbocycles. The highest BCUT2D eigenvalue weighted by atomic mass is 16.6. The molecule has 1 aromatic rings. The van der Waals surface area contributed by atoms with Crippen molar-refractivity contribution in [2.45, 2.75) is 45.6 Å². The molecule has 30 heavy (non-hydrogen) atoms. The zero-order chi connectivity index (χ0) is 22.1. The summed E-state index contributed by atoms with van der Waals surface area (Å²) >= 11 is 0. The Bertz CT molecular complexity index is 719. The largest absolute Gasteiger partial charge is 0.497 e. The van der Waals surface area contributed by atoms with E-state index < -0.39 is 11.7 Å². The van der Waals surface area contributed by atoms with Crippen LogP contribution in [0, 0.1) is 5.92 Å². The number of alkyl carbamates (subject to hydrolysis) is 1. The maximum atomic E-state index is 12.6. The second-order valence-corrected chi connectivity index (χ2v) is 8.45. The van der Waals surface area contributed by atoms with Gasteiger partial charge in [-0.2, -0.15) is 0 Å². The molecule has 166 valence electrons. The number of nitrogens with one attached hydrogen (secondary N) is 2. The van der Waals surface area contributed by atoms with Crippen LogP contribution in [-0.2, 0) is 9.53 Å². The Morgan fingerprint density at radius 3 is 2.27 bits per heavy atom. The van der Waals surface area contributed by atoms with Gasteiger partial charge in [0.15, 0.2) is 0 Å². The zero-order valence-corrected chi connectivity index (χ0v) is 18.3. The number of nitrogens with zero attached hydrogens (tertiary/aromatic N) is 1. The Morgan fingerprint density at radius 2 is 1.70 bits per heavy atom. The molecule has 1 aliphatic heterocycles. The lowest BCUT2D eigenvalue weighted by molar-refractivity contribution is -0.121. The van der Waals surface area contributed by atoms with Gasteiger partial charge >= 0.3 is 6.09 Å². The molecule has 1 fully saturated rings. The molecule has 2 N–H and O–H groups in total. The number of hydrogen-bond donors (Lipinski definition) is 2. The van der Waals surface area contributed by atoms with Crippen molar-refractivity contribution in [1.29, 1.82) is 0 Å². The third-order valence-electron chi connectivity index (χ3n) is 4.85. The van der Waals surface area contributed by atoms with Gasteiger partial charge in [-0.3, -0.25) is 9.59 Å². The van der Waals surface area contributed by atoms with Crippen molar-refractivity contribution in [3.63, 3.8) is 0 Å². The molecule has 1 heterocycles. The van der Waals surface area contributed by atoms with Crippen molar-refractivity contribution in [3.05, 3.63) is 29.8 Å². The van der Waals surface area contributed by atoms with Gasteiger partial charge in [0.2, 0.25) is 5.91 Å². The minimum Gasteiger partial charge on any atom is -0.497 e. The third-order valence-corrected chi connectivity index (χ3v) is 4.85. The average Bonchev–Trinajstić information content (AvgIpc) is 2.71. The first-order chi connectivity index (χ1) is 14.2. The molecule has 1 aliphatic rings. The number of benzene rings is 1. The molecule has 0 atom stereocenters. The van der Waals surface area contributed by atoms with Crippen LogP contribution in [0.15, 0.2) is 24.3 Å². The highest BCUT2D eigenvalue weighted by Crippen LogP contribution is 2.20. The number of rotatable bonds is 7. The first-order valence-corrected chi connectivity index (χ1v) is 10.3. The van der Waals surface area contributed by atoms with Crippen LogP contribution >= 0.6 is 0 Å². The van der Waals surface area contributed by atoms with Gasteiger partial charge in [0.25, 0.3) is 5.91 Å². The molecule has 8 nitrogen and oxygen atoms in total. The number of ether oxygens (including phenoxy) is 2. The molecule has 0 aromatic heterocycles. The normalized spacial score (nSPS) is 14.7. The van der Waals surface area contributed by atoms with Crippen molar-refractivity contribution in [1.82, 2.24) is 15.5 Å². The molecule has 0 saturated carbocycles. The van der Waals surface area contributed by atoms with Crippen molar-refractivity contribution in [3.8, 4) is 5.75 Å². The van der Waals surface area contributed by atoms with Crippen molar-refractivity contribution >= 4 is 17.9 Å². The standard InChI is InChI=1S/C22H33N3O5/c1-22(2,3)30-21(28)23-12-9-19(26)24-15-16-10-13-25(14-11-16)20(27)17-5-7-18(29-4)8-6-17/h5-8,16H,9-15H2,1-4H3,(H,23,28)(H,24,26). The molecule has 2 rings (SSSR count). The monoisotopic (exact) mass is 419 g/mol. The van der Waals surface area contributed by atoms with Crippen LogP contribution in [0.25, 0.3) is 0 Å². The lowest BCUT2D eigenvalue weighted by atomic mass is 9.96. The fourth-order valence-corrected chi connectivity index (χ4v) is 3.20. The van der Waals surface area contributed by atoms with Gasteiger partial charge in [-0.05, 0) is 63.8 Å². The predicted molar refractivity (Wildman–Crippen MR) is 113 cm³/mol. The van der Waals surface area contributed by atoms with Crippen molar-refractivity contribution < 1.29 is 23.9 Å². The summed E-state index contributed by atoms with van der Waals surface area (Å²) in [5, 5.41) is 5.49. The number of methoxy groups -OCH3 is 1. The SMILES string of the molecule is COc1ccc(C(=O)N2CCC(CNC(=O)CCNC(=O)OC(C)(C)C)CC2)cc1. The van der Waals surface area contributed by atoms with Gasteiger partial charge in [-0.15, -0.1) is 0 Å². The van der Waals surface area contributed by atoms with E-state index in [9.17, 15) is 14.4 Å². The topological polar surface area (TPSA) is 97.0 Å². The van der Waals surface area contributed by atoms with E-state index in [-0.39, 0.29) is 24.8 Å². The van der Waals surface area contributed by atoms with E-state index in [4.69, 9.17) is 9.47 Å². The summed E-state index contributed by atoms with van der Waals surface area (Å²) in [6, 6.07) is 7.12. The quantitative estimate of drug-likeness (QED) is 0.708. The second kappa shape index (κ2) is 10.8. The van der Waals surface area contributed by atoms with E-state index in [2.05, 4.69) is 10.6 Å². The maximum Gasteiger partial charge on any atom is 0.407 e. The lowest BCUT2D eigenvalue weighted by Crippen LogP contribution is -2.42. The summed E-state index contributed by atoms with van der Waals surface area (Å²) in [5.41, 5.74) is 0.0933. The first-order valence-electron chi connectivity index (χ1n) is 10.3. The zero-order valence-electron chi connectivity index (χ0n) is 18.3. The summed E-state index contributed by atoms with van der Waals surface area (Å²) in [6.07, 6.45) is 1.37. The molecular formula is C22H33N3O5. The fraction of sp³-hybridized carbons (Fsp3) is 0.591. The molecule has 1 aromatic carbocycles.